The Morgan fingerprint density at radius 3 is 2.42 bits per heavy atom. The van der Waals surface area contributed by atoms with E-state index in [1.54, 1.807) is 24.3 Å². The zero-order valence-electron chi connectivity index (χ0n) is 13.5. The predicted octanol–water partition coefficient (Wildman–Crippen LogP) is 2.27. The number of carbonyl (C=O) groups excluding carboxylic acids is 2. The Labute approximate surface area is 141 Å². The number of nitriles is 1. The molecule has 122 valence electrons. The molecular weight excluding hydrogens is 302 g/mol. The van der Waals surface area contributed by atoms with Gasteiger partial charge in [-0.25, -0.2) is 0 Å². The van der Waals surface area contributed by atoms with Gasteiger partial charge in [0.1, 0.15) is 6.07 Å². The lowest BCUT2D eigenvalue weighted by Gasteiger charge is -2.22. The van der Waals surface area contributed by atoms with E-state index in [-0.39, 0.29) is 11.8 Å². The summed E-state index contributed by atoms with van der Waals surface area (Å²) in [5, 5.41) is 12.0. The van der Waals surface area contributed by atoms with Gasteiger partial charge in [-0.05, 0) is 17.7 Å². The first-order valence-corrected chi connectivity index (χ1v) is 7.69. The van der Waals surface area contributed by atoms with E-state index < -0.39 is 0 Å². The molecule has 0 spiro atoms. The zero-order valence-corrected chi connectivity index (χ0v) is 13.5. The maximum Gasteiger partial charge on any atom is 0.224 e. The molecule has 2 aromatic rings. The summed E-state index contributed by atoms with van der Waals surface area (Å²) in [5.41, 5.74) is 1.93. The molecule has 0 aliphatic carbocycles. The van der Waals surface area contributed by atoms with E-state index in [0.717, 1.165) is 5.56 Å². The third-order valence-electron chi connectivity index (χ3n) is 3.56. The monoisotopic (exact) mass is 321 g/mol. The van der Waals surface area contributed by atoms with Crippen LogP contribution in [0, 0.1) is 11.3 Å². The Balaban J connectivity index is 1.94. The molecule has 0 aliphatic rings. The fraction of sp³-hybridized carbons (Fsp3) is 0.211. The summed E-state index contributed by atoms with van der Waals surface area (Å²) in [4.78, 5) is 25.3. The minimum atomic E-state index is -0.171. The molecule has 0 aliphatic heterocycles. The summed E-state index contributed by atoms with van der Waals surface area (Å²) in [6, 6.07) is 18.5. The van der Waals surface area contributed by atoms with Gasteiger partial charge in [0.05, 0.1) is 17.7 Å². The highest BCUT2D eigenvalue weighted by atomic mass is 16.2. The molecule has 2 amide bonds. The van der Waals surface area contributed by atoms with Gasteiger partial charge in [-0.15, -0.1) is 0 Å². The van der Waals surface area contributed by atoms with Gasteiger partial charge in [-0.3, -0.25) is 9.59 Å². The molecule has 0 unspecified atom stereocenters. The highest BCUT2D eigenvalue weighted by Gasteiger charge is 2.15. The molecule has 24 heavy (non-hydrogen) atoms. The van der Waals surface area contributed by atoms with Crippen molar-refractivity contribution in [3.05, 3.63) is 65.7 Å². The Kier molecular flexibility index (Phi) is 6.09. The molecule has 1 N–H and O–H groups in total. The highest BCUT2D eigenvalue weighted by Crippen LogP contribution is 2.19. The minimum absolute atomic E-state index is 0.0988. The molecule has 0 heterocycles. The lowest BCUT2D eigenvalue weighted by Crippen LogP contribution is -2.38. The van der Waals surface area contributed by atoms with Crippen LogP contribution in [0.2, 0.25) is 0 Å². The minimum Gasteiger partial charge on any atom is -0.354 e. The van der Waals surface area contributed by atoms with Gasteiger partial charge < -0.3 is 10.2 Å². The van der Waals surface area contributed by atoms with Crippen LogP contribution in [0.1, 0.15) is 18.1 Å². The van der Waals surface area contributed by atoms with Gasteiger partial charge in [0, 0.05) is 20.0 Å². The average Bonchev–Trinajstić information content (AvgIpc) is 2.59. The number of carbonyl (C=O) groups is 2. The first-order chi connectivity index (χ1) is 11.6. The molecule has 2 aromatic carbocycles. The number of nitrogens with zero attached hydrogens (tertiary/aromatic N) is 2. The molecule has 0 bridgehead atoms. The SMILES string of the molecule is CC(=O)N(CCNC(=O)Cc1ccccc1)c1ccccc1C#N. The van der Waals surface area contributed by atoms with Crippen molar-refractivity contribution in [3.8, 4) is 6.07 Å². The van der Waals surface area contributed by atoms with E-state index in [1.807, 2.05) is 30.3 Å². The van der Waals surface area contributed by atoms with Crippen molar-refractivity contribution in [1.82, 2.24) is 5.32 Å². The van der Waals surface area contributed by atoms with Crippen molar-refractivity contribution in [3.63, 3.8) is 0 Å². The summed E-state index contributed by atoms with van der Waals surface area (Å²) in [6.07, 6.45) is 0.301. The summed E-state index contributed by atoms with van der Waals surface area (Å²) < 4.78 is 0. The first-order valence-electron chi connectivity index (χ1n) is 7.69. The van der Waals surface area contributed by atoms with E-state index in [0.29, 0.717) is 30.8 Å². The number of benzene rings is 2. The Morgan fingerprint density at radius 2 is 1.75 bits per heavy atom. The van der Waals surface area contributed by atoms with Crippen molar-refractivity contribution in [2.75, 3.05) is 18.0 Å². The molecule has 5 heteroatoms. The molecule has 2 rings (SSSR count). The number of nitrogens with one attached hydrogen (secondary N) is 1. The Morgan fingerprint density at radius 1 is 1.08 bits per heavy atom. The van der Waals surface area contributed by atoms with Crippen LogP contribution in [0.4, 0.5) is 5.69 Å². The number of hydrogen-bond donors (Lipinski definition) is 1. The first kappa shape index (κ1) is 17.2. The largest absolute Gasteiger partial charge is 0.354 e. The fourth-order valence-corrected chi connectivity index (χ4v) is 2.40. The second-order valence-electron chi connectivity index (χ2n) is 5.31. The van der Waals surface area contributed by atoms with Crippen LogP contribution in [0.15, 0.2) is 54.6 Å². The van der Waals surface area contributed by atoms with E-state index >= 15 is 0 Å². The van der Waals surface area contributed by atoms with Gasteiger partial charge in [-0.1, -0.05) is 42.5 Å². The van der Waals surface area contributed by atoms with Crippen LogP contribution in [-0.4, -0.2) is 24.9 Å². The molecule has 0 atom stereocenters. The summed E-state index contributed by atoms with van der Waals surface area (Å²) in [6.45, 7) is 2.08. The maximum absolute atomic E-state index is 12.0. The lowest BCUT2D eigenvalue weighted by atomic mass is 10.1. The number of hydrogen-bond acceptors (Lipinski definition) is 3. The molecule has 5 nitrogen and oxygen atoms in total. The Hall–Kier alpha value is -3.13. The molecule has 0 saturated carbocycles. The van der Waals surface area contributed by atoms with E-state index in [9.17, 15) is 9.59 Å². The van der Waals surface area contributed by atoms with E-state index in [2.05, 4.69) is 11.4 Å². The zero-order chi connectivity index (χ0) is 17.4. The van der Waals surface area contributed by atoms with E-state index in [1.165, 1.54) is 11.8 Å². The van der Waals surface area contributed by atoms with Crippen molar-refractivity contribution in [2.24, 2.45) is 0 Å². The van der Waals surface area contributed by atoms with Gasteiger partial charge in [0.15, 0.2) is 0 Å². The molecule has 0 radical (unpaired) electrons. The van der Waals surface area contributed by atoms with Crippen molar-refractivity contribution >= 4 is 17.5 Å². The fourth-order valence-electron chi connectivity index (χ4n) is 2.40. The third kappa shape index (κ3) is 4.68. The van der Waals surface area contributed by atoms with Crippen molar-refractivity contribution in [2.45, 2.75) is 13.3 Å². The standard InChI is InChI=1S/C19H19N3O2/c1-15(23)22(18-10-6-5-9-17(18)14-20)12-11-21-19(24)13-16-7-3-2-4-8-16/h2-10H,11-13H2,1H3,(H,21,24). The van der Waals surface area contributed by atoms with E-state index in [4.69, 9.17) is 5.26 Å². The highest BCUT2D eigenvalue weighted by molar-refractivity contribution is 5.93. The van der Waals surface area contributed by atoms with Gasteiger partial charge in [0.25, 0.3) is 0 Å². The number of amides is 2. The van der Waals surface area contributed by atoms with Crippen LogP contribution in [0.25, 0.3) is 0 Å². The quantitative estimate of drug-likeness (QED) is 0.887. The summed E-state index contributed by atoms with van der Waals surface area (Å²) in [7, 11) is 0. The normalized spacial score (nSPS) is 9.83. The van der Waals surface area contributed by atoms with Crippen molar-refractivity contribution in [1.29, 1.82) is 5.26 Å². The maximum atomic E-state index is 12.0. The van der Waals surface area contributed by atoms with Gasteiger partial charge in [0.2, 0.25) is 11.8 Å². The second-order valence-corrected chi connectivity index (χ2v) is 5.31. The van der Waals surface area contributed by atoms with Gasteiger partial charge >= 0.3 is 0 Å². The van der Waals surface area contributed by atoms with Crippen LogP contribution >= 0.6 is 0 Å². The average molecular weight is 321 g/mol. The Bertz CT molecular complexity index is 751. The molecule has 0 aromatic heterocycles. The smallest absolute Gasteiger partial charge is 0.224 e. The number of anilines is 1. The lowest BCUT2D eigenvalue weighted by molar-refractivity contribution is -0.121. The molecule has 0 fully saturated rings. The number of para-hydroxylation sites is 1. The van der Waals surface area contributed by atoms with Crippen molar-refractivity contribution < 1.29 is 9.59 Å². The third-order valence-corrected chi connectivity index (χ3v) is 3.56. The molecular formula is C19H19N3O2. The van der Waals surface area contributed by atoms with Crippen LogP contribution in [-0.2, 0) is 16.0 Å². The van der Waals surface area contributed by atoms with Crippen LogP contribution in [0.5, 0.6) is 0 Å². The predicted molar refractivity (Wildman–Crippen MR) is 92.3 cm³/mol. The molecule has 0 saturated heterocycles. The van der Waals surface area contributed by atoms with Crippen LogP contribution in [0.3, 0.4) is 0 Å². The van der Waals surface area contributed by atoms with Gasteiger partial charge in [-0.2, -0.15) is 5.26 Å². The topological polar surface area (TPSA) is 73.2 Å². The summed E-state index contributed by atoms with van der Waals surface area (Å²) in [5.74, 6) is -0.270. The summed E-state index contributed by atoms with van der Waals surface area (Å²) >= 11 is 0. The number of rotatable bonds is 6. The second kappa shape index (κ2) is 8.49. The van der Waals surface area contributed by atoms with Crippen LogP contribution < -0.4 is 10.2 Å².